The molecule has 0 unspecified atom stereocenters. The fourth-order valence-electron chi connectivity index (χ4n) is 1.59. The summed E-state index contributed by atoms with van der Waals surface area (Å²) in [4.78, 5) is 0. The molecule has 2 atom stereocenters. The molecule has 4 heteroatoms. The van der Waals surface area contributed by atoms with Gasteiger partial charge in [0, 0.05) is 0 Å². The van der Waals surface area contributed by atoms with Crippen LogP contribution in [0.15, 0.2) is 0 Å². The van der Waals surface area contributed by atoms with Crippen molar-refractivity contribution in [3.63, 3.8) is 0 Å². The van der Waals surface area contributed by atoms with Crippen molar-refractivity contribution >= 4 is 0 Å². The Hall–Kier alpha value is -1.10. The van der Waals surface area contributed by atoms with Crippen LogP contribution in [0.25, 0.3) is 0 Å². The third-order valence-electron chi connectivity index (χ3n) is 2.43. The second kappa shape index (κ2) is 6.37. The minimum atomic E-state index is 0.153. The Bertz CT molecular complexity index is 199. The summed E-state index contributed by atoms with van der Waals surface area (Å²) < 4.78 is 0. The summed E-state index contributed by atoms with van der Waals surface area (Å²) in [6.45, 7) is 2.05. The molecular formula is C10H16N4. The van der Waals surface area contributed by atoms with Crippen LogP contribution < -0.4 is 10.6 Å². The van der Waals surface area contributed by atoms with Crippen LogP contribution in [-0.4, -0.2) is 25.2 Å². The van der Waals surface area contributed by atoms with Gasteiger partial charge in [-0.15, -0.1) is 0 Å². The van der Waals surface area contributed by atoms with E-state index in [1.165, 1.54) is 0 Å². The standard InChI is InChI=1S/2C5H8N2/c2*6-4-5-2-1-3-7-5/h2*5,7H,1-3H2/t2*5-/m00/s1. The van der Waals surface area contributed by atoms with Crippen molar-refractivity contribution in [2.75, 3.05) is 13.1 Å². The maximum atomic E-state index is 8.25. The summed E-state index contributed by atoms with van der Waals surface area (Å²) in [5.41, 5.74) is 0. The van der Waals surface area contributed by atoms with Gasteiger partial charge in [0.25, 0.3) is 0 Å². The van der Waals surface area contributed by atoms with Crippen molar-refractivity contribution in [1.29, 1.82) is 10.5 Å². The smallest absolute Gasteiger partial charge is 0.0953 e. The summed E-state index contributed by atoms with van der Waals surface area (Å²) in [5, 5.41) is 22.6. The quantitative estimate of drug-likeness (QED) is 0.587. The van der Waals surface area contributed by atoms with E-state index in [1.807, 2.05) is 0 Å². The number of nitriles is 2. The average Bonchev–Trinajstić information content (AvgIpc) is 2.92. The van der Waals surface area contributed by atoms with E-state index in [4.69, 9.17) is 10.5 Å². The molecule has 0 aromatic heterocycles. The lowest BCUT2D eigenvalue weighted by molar-refractivity contribution is 0.740. The molecular weight excluding hydrogens is 176 g/mol. The maximum absolute atomic E-state index is 8.25. The first-order chi connectivity index (χ1) is 6.86. The lowest BCUT2D eigenvalue weighted by atomic mass is 10.2. The van der Waals surface area contributed by atoms with Crippen molar-refractivity contribution in [3.8, 4) is 12.1 Å². The molecule has 0 bridgehead atoms. The monoisotopic (exact) mass is 192 g/mol. The Morgan fingerprint density at radius 1 is 0.857 bits per heavy atom. The van der Waals surface area contributed by atoms with Crippen LogP contribution in [0.1, 0.15) is 25.7 Å². The number of rotatable bonds is 0. The summed E-state index contributed by atoms with van der Waals surface area (Å²) >= 11 is 0. The topological polar surface area (TPSA) is 71.6 Å². The zero-order valence-corrected chi connectivity index (χ0v) is 8.29. The van der Waals surface area contributed by atoms with Gasteiger partial charge in [0.1, 0.15) is 0 Å². The fraction of sp³-hybridized carbons (Fsp3) is 0.800. The Labute approximate surface area is 84.9 Å². The third kappa shape index (κ3) is 3.74. The molecule has 14 heavy (non-hydrogen) atoms. The Kier molecular flexibility index (Phi) is 4.99. The van der Waals surface area contributed by atoms with Crippen LogP contribution in [0.5, 0.6) is 0 Å². The molecule has 4 nitrogen and oxygen atoms in total. The molecule has 2 aliphatic heterocycles. The molecule has 0 spiro atoms. The van der Waals surface area contributed by atoms with Gasteiger partial charge in [0.05, 0.1) is 24.2 Å². The van der Waals surface area contributed by atoms with E-state index in [9.17, 15) is 0 Å². The van der Waals surface area contributed by atoms with E-state index < -0.39 is 0 Å². The van der Waals surface area contributed by atoms with E-state index in [-0.39, 0.29) is 12.1 Å². The number of hydrogen-bond donors (Lipinski definition) is 2. The lowest BCUT2D eigenvalue weighted by Crippen LogP contribution is -2.18. The highest BCUT2D eigenvalue weighted by atomic mass is 14.9. The number of hydrogen-bond acceptors (Lipinski definition) is 4. The van der Waals surface area contributed by atoms with Crippen LogP contribution in [0, 0.1) is 22.7 Å². The highest BCUT2D eigenvalue weighted by Gasteiger charge is 2.11. The van der Waals surface area contributed by atoms with E-state index >= 15 is 0 Å². The van der Waals surface area contributed by atoms with E-state index in [1.54, 1.807) is 0 Å². The molecule has 2 heterocycles. The van der Waals surface area contributed by atoms with E-state index in [2.05, 4.69) is 22.8 Å². The van der Waals surface area contributed by atoms with Gasteiger partial charge in [-0.2, -0.15) is 10.5 Å². The molecule has 0 amide bonds. The lowest BCUT2D eigenvalue weighted by Gasteiger charge is -1.91. The van der Waals surface area contributed by atoms with Crippen molar-refractivity contribution in [3.05, 3.63) is 0 Å². The van der Waals surface area contributed by atoms with Crippen molar-refractivity contribution < 1.29 is 0 Å². The zero-order chi connectivity index (χ0) is 10.2. The summed E-state index contributed by atoms with van der Waals surface area (Å²) in [6, 6.07) is 4.61. The molecule has 0 aromatic carbocycles. The van der Waals surface area contributed by atoms with Crippen LogP contribution in [0.3, 0.4) is 0 Å². The van der Waals surface area contributed by atoms with Gasteiger partial charge < -0.3 is 10.6 Å². The number of nitrogens with one attached hydrogen (secondary N) is 2. The molecule has 0 aliphatic carbocycles. The first kappa shape index (κ1) is 11.0. The van der Waals surface area contributed by atoms with Gasteiger partial charge in [0.15, 0.2) is 0 Å². The van der Waals surface area contributed by atoms with Crippen LogP contribution in [-0.2, 0) is 0 Å². The molecule has 2 N–H and O–H groups in total. The normalized spacial score (nSPS) is 29.9. The first-order valence-corrected chi connectivity index (χ1v) is 5.13. The van der Waals surface area contributed by atoms with Gasteiger partial charge >= 0.3 is 0 Å². The molecule has 76 valence electrons. The molecule has 2 fully saturated rings. The molecule has 2 rings (SSSR count). The molecule has 0 saturated carbocycles. The van der Waals surface area contributed by atoms with E-state index in [0.717, 1.165) is 38.8 Å². The largest absolute Gasteiger partial charge is 0.302 e. The van der Waals surface area contributed by atoms with Crippen LogP contribution in [0.4, 0.5) is 0 Å². The minimum Gasteiger partial charge on any atom is -0.302 e. The van der Waals surface area contributed by atoms with E-state index in [0.29, 0.717) is 0 Å². The Balaban J connectivity index is 0.000000140. The third-order valence-corrected chi connectivity index (χ3v) is 2.43. The Morgan fingerprint density at radius 3 is 1.43 bits per heavy atom. The van der Waals surface area contributed by atoms with Gasteiger partial charge in [-0.05, 0) is 38.8 Å². The van der Waals surface area contributed by atoms with Crippen LogP contribution in [0.2, 0.25) is 0 Å². The SMILES string of the molecule is N#C[C@@H]1CCCN1.N#C[C@@H]1CCCN1. The summed E-state index contributed by atoms with van der Waals surface area (Å²) in [7, 11) is 0. The van der Waals surface area contributed by atoms with Crippen molar-refractivity contribution in [2.45, 2.75) is 37.8 Å². The van der Waals surface area contributed by atoms with Crippen molar-refractivity contribution in [2.24, 2.45) is 0 Å². The average molecular weight is 192 g/mol. The summed E-state index contributed by atoms with van der Waals surface area (Å²) in [5.74, 6) is 0. The van der Waals surface area contributed by atoms with Gasteiger partial charge in [-0.3, -0.25) is 0 Å². The van der Waals surface area contributed by atoms with Gasteiger partial charge in [-0.25, -0.2) is 0 Å². The highest BCUT2D eigenvalue weighted by molar-refractivity contribution is 4.93. The highest BCUT2D eigenvalue weighted by Crippen LogP contribution is 2.02. The second-order valence-corrected chi connectivity index (χ2v) is 3.56. The zero-order valence-electron chi connectivity index (χ0n) is 8.29. The van der Waals surface area contributed by atoms with Crippen molar-refractivity contribution in [1.82, 2.24) is 10.6 Å². The predicted molar refractivity (Wildman–Crippen MR) is 53.3 cm³/mol. The fourth-order valence-corrected chi connectivity index (χ4v) is 1.59. The second-order valence-electron chi connectivity index (χ2n) is 3.56. The Morgan fingerprint density at radius 2 is 1.29 bits per heavy atom. The molecule has 0 radical (unpaired) electrons. The maximum Gasteiger partial charge on any atom is 0.0953 e. The van der Waals surface area contributed by atoms with Gasteiger partial charge in [0.2, 0.25) is 0 Å². The van der Waals surface area contributed by atoms with Gasteiger partial charge in [-0.1, -0.05) is 0 Å². The minimum absolute atomic E-state index is 0.153. The predicted octanol–water partition coefficient (Wildman–Crippen LogP) is 0.524. The molecule has 2 saturated heterocycles. The molecule has 0 aromatic rings. The summed E-state index contributed by atoms with van der Waals surface area (Å²) in [6.07, 6.45) is 4.41. The first-order valence-electron chi connectivity index (χ1n) is 5.13. The molecule has 2 aliphatic rings. The van der Waals surface area contributed by atoms with Crippen LogP contribution >= 0.6 is 0 Å². The number of nitrogens with zero attached hydrogens (tertiary/aromatic N) is 2.